The van der Waals surface area contributed by atoms with E-state index in [2.05, 4.69) is 0 Å². The highest BCUT2D eigenvalue weighted by Crippen LogP contribution is 2.42. The van der Waals surface area contributed by atoms with E-state index in [9.17, 15) is 29.4 Å². The third-order valence-corrected chi connectivity index (χ3v) is 5.65. The number of non-ortho nitro benzene ring substituents is 1. The van der Waals surface area contributed by atoms with Crippen LogP contribution in [0.15, 0.2) is 59.1 Å². The fourth-order valence-corrected chi connectivity index (χ4v) is 4.31. The summed E-state index contributed by atoms with van der Waals surface area (Å²) in [6.07, 6.45) is 0.133. The molecule has 1 atom stereocenters. The van der Waals surface area contributed by atoms with Crippen molar-refractivity contribution in [2.24, 2.45) is 0 Å². The van der Waals surface area contributed by atoms with Gasteiger partial charge in [-0.2, -0.15) is 5.26 Å². The average molecular weight is 441 g/mol. The number of nitro groups is 1. The number of esters is 1. The zero-order chi connectivity index (χ0) is 22.5. The summed E-state index contributed by atoms with van der Waals surface area (Å²) in [5.41, 5.74) is 0.386. The molecule has 2 aromatic rings. The van der Waals surface area contributed by atoms with Crippen LogP contribution in [0.5, 0.6) is 0 Å². The minimum absolute atomic E-state index is 0.0452. The lowest BCUT2D eigenvalue weighted by atomic mass is 10.1. The maximum atomic E-state index is 13.4. The molecule has 10 heteroatoms. The van der Waals surface area contributed by atoms with Crippen molar-refractivity contribution in [3.63, 3.8) is 0 Å². The third-order valence-electron chi connectivity index (χ3n) is 4.39. The van der Waals surface area contributed by atoms with Crippen LogP contribution in [0, 0.1) is 27.3 Å². The number of nitriles is 1. The van der Waals surface area contributed by atoms with Gasteiger partial charge < -0.3 is 4.74 Å². The molecule has 31 heavy (non-hydrogen) atoms. The molecule has 158 valence electrons. The van der Waals surface area contributed by atoms with Crippen LogP contribution in [0.25, 0.3) is 0 Å². The minimum atomic E-state index is -0.872. The SMILES string of the molecule is CCOC(=O)/C(C#N)=C1/S[C@@H](Cc2cccc([N+](=O)[O-])c2)C(=O)N1c1ccc(F)cc1. The topological polar surface area (TPSA) is 114 Å². The number of nitro benzene ring substituents is 1. The molecule has 3 rings (SSSR count). The van der Waals surface area contributed by atoms with Crippen LogP contribution in [0.3, 0.4) is 0 Å². The molecule has 0 spiro atoms. The average Bonchev–Trinajstić information content (AvgIpc) is 3.05. The summed E-state index contributed by atoms with van der Waals surface area (Å²) >= 11 is 0.991. The van der Waals surface area contributed by atoms with Crippen molar-refractivity contribution in [3.05, 3.63) is 80.6 Å². The van der Waals surface area contributed by atoms with E-state index in [4.69, 9.17) is 4.74 Å². The van der Waals surface area contributed by atoms with Crippen molar-refractivity contribution >= 4 is 35.0 Å². The normalized spacial score (nSPS) is 17.3. The number of hydrogen-bond donors (Lipinski definition) is 0. The predicted molar refractivity (Wildman–Crippen MR) is 111 cm³/mol. The van der Waals surface area contributed by atoms with Crippen LogP contribution >= 0.6 is 11.8 Å². The number of amides is 1. The van der Waals surface area contributed by atoms with Crippen molar-refractivity contribution in [2.45, 2.75) is 18.6 Å². The minimum Gasteiger partial charge on any atom is -0.462 e. The Morgan fingerprint density at radius 2 is 2.03 bits per heavy atom. The Hall–Kier alpha value is -3.71. The molecular formula is C21H16FN3O5S. The molecule has 1 aliphatic rings. The first-order valence-corrected chi connectivity index (χ1v) is 10.0. The van der Waals surface area contributed by atoms with E-state index >= 15 is 0 Å². The Morgan fingerprint density at radius 1 is 1.32 bits per heavy atom. The number of anilines is 1. The fraction of sp³-hybridized carbons (Fsp3) is 0.190. The maximum Gasteiger partial charge on any atom is 0.351 e. The summed E-state index contributed by atoms with van der Waals surface area (Å²) in [4.78, 5) is 37.2. The molecule has 0 bridgehead atoms. The van der Waals surface area contributed by atoms with E-state index in [0.717, 1.165) is 23.9 Å². The zero-order valence-corrected chi connectivity index (χ0v) is 17.1. The van der Waals surface area contributed by atoms with Crippen molar-refractivity contribution < 1.29 is 23.6 Å². The quantitative estimate of drug-likeness (QED) is 0.221. The van der Waals surface area contributed by atoms with E-state index in [0.29, 0.717) is 5.56 Å². The number of thioether (sulfide) groups is 1. The number of ether oxygens (including phenoxy) is 1. The summed E-state index contributed by atoms with van der Waals surface area (Å²) in [5.74, 6) is -1.81. The summed E-state index contributed by atoms with van der Waals surface area (Å²) in [6, 6.07) is 12.7. The number of halogens is 1. The van der Waals surface area contributed by atoms with Crippen molar-refractivity contribution in [3.8, 4) is 6.07 Å². The van der Waals surface area contributed by atoms with Crippen molar-refractivity contribution in [1.82, 2.24) is 0 Å². The molecule has 1 amide bonds. The molecule has 0 aromatic heterocycles. The molecule has 1 fully saturated rings. The van der Waals surface area contributed by atoms with Crippen LogP contribution in [0.1, 0.15) is 12.5 Å². The monoisotopic (exact) mass is 441 g/mol. The maximum absolute atomic E-state index is 13.4. The Morgan fingerprint density at radius 3 is 2.65 bits per heavy atom. The molecule has 0 aliphatic carbocycles. The van der Waals surface area contributed by atoms with Gasteiger partial charge in [-0.1, -0.05) is 23.9 Å². The van der Waals surface area contributed by atoms with Gasteiger partial charge in [0.15, 0.2) is 5.57 Å². The van der Waals surface area contributed by atoms with Crippen molar-refractivity contribution in [1.29, 1.82) is 5.26 Å². The van der Waals surface area contributed by atoms with E-state index in [1.165, 1.54) is 35.2 Å². The number of hydrogen-bond acceptors (Lipinski definition) is 7. The highest BCUT2D eigenvalue weighted by Gasteiger charge is 2.41. The first-order chi connectivity index (χ1) is 14.8. The number of carbonyl (C=O) groups is 2. The summed E-state index contributed by atoms with van der Waals surface area (Å²) in [7, 11) is 0. The molecule has 1 aliphatic heterocycles. The van der Waals surface area contributed by atoms with Gasteiger partial charge in [-0.15, -0.1) is 0 Å². The van der Waals surface area contributed by atoms with Gasteiger partial charge in [0.05, 0.1) is 16.8 Å². The van der Waals surface area contributed by atoms with Crippen LogP contribution in [0.4, 0.5) is 15.8 Å². The van der Waals surface area contributed by atoms with Crippen LogP contribution < -0.4 is 4.90 Å². The van der Waals surface area contributed by atoms with E-state index in [1.54, 1.807) is 19.1 Å². The Kier molecular flexibility index (Phi) is 6.67. The van der Waals surface area contributed by atoms with E-state index < -0.39 is 27.9 Å². The van der Waals surface area contributed by atoms with Gasteiger partial charge in [-0.05, 0) is 43.2 Å². The summed E-state index contributed by atoms with van der Waals surface area (Å²) < 4.78 is 18.3. The molecule has 1 saturated heterocycles. The number of carbonyl (C=O) groups excluding carboxylic acids is 2. The first-order valence-electron chi connectivity index (χ1n) is 9.16. The third kappa shape index (κ3) is 4.73. The van der Waals surface area contributed by atoms with Crippen molar-refractivity contribution in [2.75, 3.05) is 11.5 Å². The summed E-state index contributed by atoms with van der Waals surface area (Å²) in [5, 5.41) is 19.9. The molecule has 1 heterocycles. The fourth-order valence-electron chi connectivity index (χ4n) is 3.01. The van der Waals surface area contributed by atoms with Gasteiger partial charge in [0.2, 0.25) is 5.91 Å². The Bertz CT molecular complexity index is 1110. The van der Waals surface area contributed by atoms with Gasteiger partial charge in [0.25, 0.3) is 5.69 Å². The molecule has 2 aromatic carbocycles. The number of benzene rings is 2. The molecule has 0 unspecified atom stereocenters. The van der Waals surface area contributed by atoms with Gasteiger partial charge >= 0.3 is 5.97 Å². The second-order valence-electron chi connectivity index (χ2n) is 6.40. The molecular weight excluding hydrogens is 425 g/mol. The molecule has 0 N–H and O–H groups in total. The number of nitrogens with zero attached hydrogens (tertiary/aromatic N) is 3. The van der Waals surface area contributed by atoms with Gasteiger partial charge in [0, 0.05) is 17.8 Å². The Labute approximate surface area is 181 Å². The van der Waals surface area contributed by atoms with Gasteiger partial charge in [0.1, 0.15) is 16.9 Å². The lowest BCUT2D eigenvalue weighted by Crippen LogP contribution is -2.30. The highest BCUT2D eigenvalue weighted by molar-refractivity contribution is 8.05. The standard InChI is InChI=1S/C21H16FN3O5S/c1-2-30-21(27)17(12-23)20-24(15-8-6-14(22)7-9-15)19(26)18(31-20)11-13-4-3-5-16(10-13)25(28)29/h3-10,18H,2,11H2,1H3/b20-17+/t18-/m0/s1. The Balaban J connectivity index is 2.03. The molecule has 0 saturated carbocycles. The number of rotatable bonds is 6. The second-order valence-corrected chi connectivity index (χ2v) is 7.59. The van der Waals surface area contributed by atoms with Crippen LogP contribution in [-0.4, -0.2) is 28.7 Å². The smallest absolute Gasteiger partial charge is 0.351 e. The van der Waals surface area contributed by atoms with Crippen LogP contribution in [0.2, 0.25) is 0 Å². The molecule has 8 nitrogen and oxygen atoms in total. The summed E-state index contributed by atoms with van der Waals surface area (Å²) in [6.45, 7) is 1.64. The highest BCUT2D eigenvalue weighted by atomic mass is 32.2. The van der Waals surface area contributed by atoms with Gasteiger partial charge in [-0.3, -0.25) is 19.8 Å². The predicted octanol–water partition coefficient (Wildman–Crippen LogP) is 3.72. The van der Waals surface area contributed by atoms with Gasteiger partial charge in [-0.25, -0.2) is 9.18 Å². The van der Waals surface area contributed by atoms with Crippen LogP contribution in [-0.2, 0) is 20.7 Å². The lowest BCUT2D eigenvalue weighted by Gasteiger charge is -2.18. The van der Waals surface area contributed by atoms with E-state index in [-0.39, 0.29) is 35.0 Å². The lowest BCUT2D eigenvalue weighted by molar-refractivity contribution is -0.384. The zero-order valence-electron chi connectivity index (χ0n) is 16.3. The largest absolute Gasteiger partial charge is 0.462 e. The molecule has 0 radical (unpaired) electrons. The van der Waals surface area contributed by atoms with E-state index in [1.807, 2.05) is 0 Å². The second kappa shape index (κ2) is 9.40. The first kappa shape index (κ1) is 22.0.